The predicted octanol–water partition coefficient (Wildman–Crippen LogP) is 2.30. The summed E-state index contributed by atoms with van der Waals surface area (Å²) in [5.74, 6) is 0.269. The van der Waals surface area contributed by atoms with Crippen LogP contribution in [0.4, 0.5) is 13.2 Å². The summed E-state index contributed by atoms with van der Waals surface area (Å²) in [7, 11) is 1.38. The molecule has 1 atom stereocenters. The van der Waals surface area contributed by atoms with E-state index in [0.717, 1.165) is 12.1 Å². The number of alkyl halides is 3. The second kappa shape index (κ2) is 4.93. The molecule has 0 bridgehead atoms. The molecule has 2 N–H and O–H groups in total. The lowest BCUT2D eigenvalue weighted by Crippen LogP contribution is -2.39. The molecule has 0 radical (unpaired) electrons. The molecule has 112 valence electrons. The first-order chi connectivity index (χ1) is 9.68. The summed E-state index contributed by atoms with van der Waals surface area (Å²) >= 11 is 0. The zero-order valence-corrected chi connectivity index (χ0v) is 11.4. The number of benzene rings is 1. The van der Waals surface area contributed by atoms with Crippen LogP contribution in [0.15, 0.2) is 18.2 Å². The van der Waals surface area contributed by atoms with Crippen molar-refractivity contribution >= 4 is 10.9 Å². The molecule has 1 aromatic heterocycles. The molecule has 2 aromatic rings. The fraction of sp³-hybridized carbons (Fsp3) is 0.385. The maximum absolute atomic E-state index is 12.7. The summed E-state index contributed by atoms with van der Waals surface area (Å²) in [6.45, 7) is 1.50. The highest BCUT2D eigenvalue weighted by atomic mass is 19.4. The van der Waals surface area contributed by atoms with Crippen molar-refractivity contribution in [1.29, 1.82) is 5.26 Å². The minimum atomic E-state index is -4.44. The molecular weight excluding hydrogens is 285 g/mol. The Morgan fingerprint density at radius 1 is 1.43 bits per heavy atom. The van der Waals surface area contributed by atoms with Crippen molar-refractivity contribution in [2.24, 2.45) is 5.73 Å². The number of methoxy groups -OCH3 is 1. The van der Waals surface area contributed by atoms with E-state index in [4.69, 9.17) is 15.7 Å². The summed E-state index contributed by atoms with van der Waals surface area (Å²) in [5.41, 5.74) is 3.87. The number of aromatic nitrogens is 2. The topological polar surface area (TPSA) is 76.9 Å². The minimum absolute atomic E-state index is 0.00268. The van der Waals surface area contributed by atoms with Gasteiger partial charge in [0, 0.05) is 0 Å². The van der Waals surface area contributed by atoms with Gasteiger partial charge in [0.25, 0.3) is 0 Å². The monoisotopic (exact) mass is 298 g/mol. The van der Waals surface area contributed by atoms with Crippen LogP contribution in [0.1, 0.15) is 12.5 Å². The third-order valence-corrected chi connectivity index (χ3v) is 2.95. The van der Waals surface area contributed by atoms with Gasteiger partial charge in [0.1, 0.15) is 5.54 Å². The largest absolute Gasteiger partial charge is 0.481 e. The number of halogens is 3. The van der Waals surface area contributed by atoms with Crippen LogP contribution in [0, 0.1) is 11.3 Å². The Kier molecular flexibility index (Phi) is 3.55. The number of hydrogen-bond donors (Lipinski definition) is 1. The van der Waals surface area contributed by atoms with Crippen LogP contribution in [0.2, 0.25) is 0 Å². The van der Waals surface area contributed by atoms with Crippen LogP contribution in [0.3, 0.4) is 0 Å². The molecule has 0 saturated heterocycles. The highest BCUT2D eigenvalue weighted by molar-refractivity contribution is 5.85. The standard InChI is InChI=1S/C13H13F3N4O/c1-12(18,6-17)7-20-11(21-2)9-4-3-8(13(14,15)16)5-10(9)19-20/h3-5H,7,18H2,1-2H3. The van der Waals surface area contributed by atoms with E-state index in [0.29, 0.717) is 5.39 Å². The molecule has 0 amide bonds. The zero-order chi connectivity index (χ0) is 15.8. The van der Waals surface area contributed by atoms with Gasteiger partial charge in [-0.2, -0.15) is 23.5 Å². The third-order valence-electron chi connectivity index (χ3n) is 2.95. The average molecular weight is 298 g/mol. The number of nitriles is 1. The van der Waals surface area contributed by atoms with E-state index in [1.807, 2.05) is 6.07 Å². The molecule has 1 unspecified atom stereocenters. The molecule has 1 aromatic carbocycles. The molecule has 5 nitrogen and oxygen atoms in total. The Morgan fingerprint density at radius 3 is 2.62 bits per heavy atom. The second-order valence-electron chi connectivity index (χ2n) is 4.93. The Balaban J connectivity index is 2.56. The van der Waals surface area contributed by atoms with Crippen LogP contribution in [-0.2, 0) is 12.7 Å². The number of nitrogens with zero attached hydrogens (tertiary/aromatic N) is 3. The van der Waals surface area contributed by atoms with Crippen LogP contribution < -0.4 is 10.5 Å². The molecule has 0 aliphatic heterocycles. The third kappa shape index (κ3) is 2.92. The van der Waals surface area contributed by atoms with Crippen molar-refractivity contribution in [2.45, 2.75) is 25.2 Å². The fourth-order valence-corrected chi connectivity index (χ4v) is 1.96. The van der Waals surface area contributed by atoms with E-state index in [2.05, 4.69) is 5.10 Å². The van der Waals surface area contributed by atoms with E-state index in [1.54, 1.807) is 0 Å². The van der Waals surface area contributed by atoms with Crippen LogP contribution in [0.25, 0.3) is 10.9 Å². The van der Waals surface area contributed by atoms with Gasteiger partial charge in [0.15, 0.2) is 0 Å². The number of fused-ring (bicyclic) bond motifs is 1. The highest BCUT2D eigenvalue weighted by Crippen LogP contribution is 2.34. The SMILES string of the molecule is COc1c2ccc(C(F)(F)F)cc2nn1CC(C)(N)C#N. The maximum atomic E-state index is 12.7. The summed E-state index contributed by atoms with van der Waals surface area (Å²) in [6, 6.07) is 5.10. The molecule has 0 saturated carbocycles. The predicted molar refractivity (Wildman–Crippen MR) is 69.5 cm³/mol. The van der Waals surface area contributed by atoms with Crippen molar-refractivity contribution in [2.75, 3.05) is 7.11 Å². The van der Waals surface area contributed by atoms with Gasteiger partial charge < -0.3 is 10.5 Å². The lowest BCUT2D eigenvalue weighted by Gasteiger charge is -2.16. The van der Waals surface area contributed by atoms with Crippen molar-refractivity contribution in [3.63, 3.8) is 0 Å². The summed E-state index contributed by atoms with van der Waals surface area (Å²) < 4.78 is 44.6. The first kappa shape index (κ1) is 15.1. The second-order valence-corrected chi connectivity index (χ2v) is 4.93. The van der Waals surface area contributed by atoms with Gasteiger partial charge in [0.05, 0.1) is 36.2 Å². The molecule has 0 fully saturated rings. The van der Waals surface area contributed by atoms with Gasteiger partial charge in [-0.15, -0.1) is 0 Å². The van der Waals surface area contributed by atoms with Gasteiger partial charge in [-0.05, 0) is 25.1 Å². The molecule has 0 aliphatic carbocycles. The van der Waals surface area contributed by atoms with Crippen molar-refractivity contribution in [1.82, 2.24) is 9.78 Å². The van der Waals surface area contributed by atoms with E-state index < -0.39 is 17.3 Å². The van der Waals surface area contributed by atoms with E-state index in [9.17, 15) is 13.2 Å². The molecule has 21 heavy (non-hydrogen) atoms. The summed E-state index contributed by atoms with van der Waals surface area (Å²) in [4.78, 5) is 0. The summed E-state index contributed by atoms with van der Waals surface area (Å²) in [5, 5.41) is 13.4. The number of rotatable bonds is 3. The Bertz CT molecular complexity index is 713. The minimum Gasteiger partial charge on any atom is -0.481 e. The van der Waals surface area contributed by atoms with Gasteiger partial charge in [-0.3, -0.25) is 0 Å². The molecule has 1 heterocycles. The Labute approximate surface area is 118 Å². The first-order valence-corrected chi connectivity index (χ1v) is 6.00. The number of hydrogen-bond acceptors (Lipinski definition) is 4. The van der Waals surface area contributed by atoms with Gasteiger partial charge in [0.2, 0.25) is 5.88 Å². The van der Waals surface area contributed by atoms with Crippen LogP contribution in [0.5, 0.6) is 5.88 Å². The van der Waals surface area contributed by atoms with Crippen molar-refractivity contribution in [3.8, 4) is 11.9 Å². The van der Waals surface area contributed by atoms with Gasteiger partial charge >= 0.3 is 6.18 Å². The van der Waals surface area contributed by atoms with Crippen LogP contribution >= 0.6 is 0 Å². The molecule has 2 rings (SSSR count). The lowest BCUT2D eigenvalue weighted by molar-refractivity contribution is -0.137. The van der Waals surface area contributed by atoms with E-state index >= 15 is 0 Å². The van der Waals surface area contributed by atoms with E-state index in [1.165, 1.54) is 24.8 Å². The average Bonchev–Trinajstić information content (AvgIpc) is 2.72. The van der Waals surface area contributed by atoms with E-state index in [-0.39, 0.29) is 17.9 Å². The van der Waals surface area contributed by atoms with Crippen molar-refractivity contribution in [3.05, 3.63) is 23.8 Å². The quantitative estimate of drug-likeness (QED) is 0.943. The fourth-order valence-electron chi connectivity index (χ4n) is 1.96. The molecule has 8 heteroatoms. The molecular formula is C13H13F3N4O. The molecule has 0 spiro atoms. The number of nitrogens with two attached hydrogens (primary N) is 1. The lowest BCUT2D eigenvalue weighted by atomic mass is 10.1. The first-order valence-electron chi connectivity index (χ1n) is 6.00. The van der Waals surface area contributed by atoms with Crippen molar-refractivity contribution < 1.29 is 17.9 Å². The van der Waals surface area contributed by atoms with Gasteiger partial charge in [-0.1, -0.05) is 0 Å². The Hall–Kier alpha value is -2.27. The smallest absolute Gasteiger partial charge is 0.416 e. The van der Waals surface area contributed by atoms with Gasteiger partial charge in [-0.25, -0.2) is 4.68 Å². The number of ether oxygens (including phenoxy) is 1. The maximum Gasteiger partial charge on any atom is 0.416 e. The zero-order valence-electron chi connectivity index (χ0n) is 11.4. The normalized spacial score (nSPS) is 14.7. The van der Waals surface area contributed by atoms with Crippen LogP contribution in [-0.4, -0.2) is 22.4 Å². The highest BCUT2D eigenvalue weighted by Gasteiger charge is 2.31. The molecule has 0 aliphatic rings. The summed E-state index contributed by atoms with van der Waals surface area (Å²) in [6.07, 6.45) is -4.44. The Morgan fingerprint density at radius 2 is 2.10 bits per heavy atom.